The number of carbonyl (C=O) groups excluding carboxylic acids is 1. The van der Waals surface area contributed by atoms with Gasteiger partial charge >= 0.3 is 5.97 Å². The zero-order valence-electron chi connectivity index (χ0n) is 11.8. The smallest absolute Gasteiger partial charge is 0.306 e. The number of hydrogen-bond acceptors (Lipinski definition) is 4. The van der Waals surface area contributed by atoms with E-state index >= 15 is 0 Å². The van der Waals surface area contributed by atoms with Crippen molar-refractivity contribution < 1.29 is 24.5 Å². The molecule has 0 saturated heterocycles. The average Bonchev–Trinajstić information content (AvgIpc) is 2.94. The van der Waals surface area contributed by atoms with Gasteiger partial charge in [0.15, 0.2) is 0 Å². The highest BCUT2D eigenvalue weighted by Crippen LogP contribution is 2.31. The lowest BCUT2D eigenvalue weighted by molar-refractivity contribution is -0.142. The molecule has 0 heterocycles. The van der Waals surface area contributed by atoms with Crippen molar-refractivity contribution in [2.75, 3.05) is 13.7 Å². The molecule has 2 rings (SSSR count). The second kappa shape index (κ2) is 6.47. The fourth-order valence-corrected chi connectivity index (χ4v) is 2.75. The van der Waals surface area contributed by atoms with Crippen LogP contribution in [0, 0.1) is 11.8 Å². The Morgan fingerprint density at radius 3 is 2.81 bits per heavy atom. The lowest BCUT2D eigenvalue weighted by Gasteiger charge is -2.16. The third kappa shape index (κ3) is 3.45. The molecule has 1 amide bonds. The summed E-state index contributed by atoms with van der Waals surface area (Å²) in [7, 11) is 1.48. The van der Waals surface area contributed by atoms with Crippen LogP contribution in [0.1, 0.15) is 29.6 Å². The van der Waals surface area contributed by atoms with Gasteiger partial charge in [-0.2, -0.15) is 0 Å². The molecule has 21 heavy (non-hydrogen) atoms. The fourth-order valence-electron chi connectivity index (χ4n) is 2.75. The quantitative estimate of drug-likeness (QED) is 0.767. The Kier molecular flexibility index (Phi) is 4.67. The van der Waals surface area contributed by atoms with Crippen molar-refractivity contribution in [1.82, 2.24) is 5.32 Å². The van der Waals surface area contributed by atoms with Gasteiger partial charge in [0.25, 0.3) is 5.91 Å². The molecule has 0 spiro atoms. The molecule has 1 saturated carbocycles. The Morgan fingerprint density at radius 2 is 2.14 bits per heavy atom. The predicted molar refractivity (Wildman–Crippen MR) is 75.5 cm³/mol. The first-order chi connectivity index (χ1) is 10.0. The van der Waals surface area contributed by atoms with Crippen molar-refractivity contribution in [1.29, 1.82) is 0 Å². The van der Waals surface area contributed by atoms with Crippen molar-refractivity contribution in [3.05, 3.63) is 23.8 Å². The van der Waals surface area contributed by atoms with Crippen LogP contribution in [0.25, 0.3) is 0 Å². The van der Waals surface area contributed by atoms with Crippen molar-refractivity contribution in [3.8, 4) is 11.5 Å². The van der Waals surface area contributed by atoms with E-state index in [1.54, 1.807) is 6.07 Å². The van der Waals surface area contributed by atoms with Crippen LogP contribution in [0.15, 0.2) is 18.2 Å². The molecular formula is C15H19NO5. The van der Waals surface area contributed by atoms with Crippen molar-refractivity contribution in [2.24, 2.45) is 11.8 Å². The molecule has 0 radical (unpaired) electrons. The lowest BCUT2D eigenvalue weighted by atomic mass is 9.96. The largest absolute Gasteiger partial charge is 0.507 e. The summed E-state index contributed by atoms with van der Waals surface area (Å²) < 4.78 is 5.02. The number of amides is 1. The second-order valence-corrected chi connectivity index (χ2v) is 5.23. The monoisotopic (exact) mass is 293 g/mol. The van der Waals surface area contributed by atoms with E-state index in [0.29, 0.717) is 18.7 Å². The molecular weight excluding hydrogens is 274 g/mol. The number of benzene rings is 1. The van der Waals surface area contributed by atoms with E-state index in [9.17, 15) is 14.7 Å². The first-order valence-corrected chi connectivity index (χ1v) is 6.91. The molecule has 1 aromatic carbocycles. The number of phenols is 1. The number of aromatic hydroxyl groups is 1. The highest BCUT2D eigenvalue weighted by atomic mass is 16.5. The minimum Gasteiger partial charge on any atom is -0.507 e. The molecule has 0 aromatic heterocycles. The lowest BCUT2D eigenvalue weighted by Crippen LogP contribution is -2.33. The van der Waals surface area contributed by atoms with Crippen molar-refractivity contribution >= 4 is 11.9 Å². The Labute approximate surface area is 122 Å². The fraction of sp³-hybridized carbons (Fsp3) is 0.467. The maximum atomic E-state index is 12.1. The van der Waals surface area contributed by atoms with Crippen LogP contribution >= 0.6 is 0 Å². The highest BCUT2D eigenvalue weighted by Gasteiger charge is 2.33. The summed E-state index contributed by atoms with van der Waals surface area (Å²) in [4.78, 5) is 23.2. The van der Waals surface area contributed by atoms with Crippen LogP contribution in [-0.2, 0) is 4.79 Å². The molecule has 1 aliphatic rings. The third-order valence-electron chi connectivity index (χ3n) is 3.95. The molecule has 2 unspecified atom stereocenters. The van der Waals surface area contributed by atoms with Gasteiger partial charge in [-0.05, 0) is 37.0 Å². The highest BCUT2D eigenvalue weighted by molar-refractivity contribution is 5.97. The standard InChI is InChI=1S/C15H19NO5/c1-21-10-5-6-13(17)12(7-10)14(18)16-8-9-3-2-4-11(9)15(19)20/h5-7,9,11,17H,2-4,8H2,1H3,(H,16,18)(H,19,20). The van der Waals surface area contributed by atoms with Crippen molar-refractivity contribution in [3.63, 3.8) is 0 Å². The van der Waals surface area contributed by atoms with Gasteiger partial charge in [-0.25, -0.2) is 0 Å². The molecule has 6 heteroatoms. The maximum absolute atomic E-state index is 12.1. The van der Waals surface area contributed by atoms with Gasteiger partial charge in [0, 0.05) is 6.54 Å². The summed E-state index contributed by atoms with van der Waals surface area (Å²) >= 11 is 0. The molecule has 0 bridgehead atoms. The number of methoxy groups -OCH3 is 1. The van der Waals surface area contributed by atoms with Crippen LogP contribution < -0.4 is 10.1 Å². The van der Waals surface area contributed by atoms with Gasteiger partial charge in [-0.3, -0.25) is 9.59 Å². The average molecular weight is 293 g/mol. The normalized spacial score (nSPS) is 21.0. The molecule has 2 atom stereocenters. The number of ether oxygens (including phenoxy) is 1. The summed E-state index contributed by atoms with van der Waals surface area (Å²) in [6.07, 6.45) is 2.31. The summed E-state index contributed by atoms with van der Waals surface area (Å²) in [5.74, 6) is -1.35. The zero-order valence-corrected chi connectivity index (χ0v) is 11.8. The maximum Gasteiger partial charge on any atom is 0.306 e. The number of carbonyl (C=O) groups is 2. The molecule has 1 aliphatic carbocycles. The number of carboxylic acids is 1. The number of aliphatic carboxylic acids is 1. The summed E-state index contributed by atoms with van der Waals surface area (Å²) in [6, 6.07) is 4.40. The minimum absolute atomic E-state index is 0.0563. The number of rotatable bonds is 5. The Morgan fingerprint density at radius 1 is 1.38 bits per heavy atom. The zero-order chi connectivity index (χ0) is 15.4. The van der Waals surface area contributed by atoms with Gasteiger partial charge < -0.3 is 20.3 Å². The Bertz CT molecular complexity index is 543. The van der Waals surface area contributed by atoms with Gasteiger partial charge in [-0.15, -0.1) is 0 Å². The Balaban J connectivity index is 2.00. The number of nitrogens with one attached hydrogen (secondary N) is 1. The third-order valence-corrected chi connectivity index (χ3v) is 3.95. The van der Waals surface area contributed by atoms with E-state index in [2.05, 4.69) is 5.32 Å². The number of phenolic OH excluding ortho intramolecular Hbond substituents is 1. The summed E-state index contributed by atoms with van der Waals surface area (Å²) in [6.45, 7) is 0.298. The van der Waals surface area contributed by atoms with Crippen molar-refractivity contribution in [2.45, 2.75) is 19.3 Å². The van der Waals surface area contributed by atoms with E-state index in [0.717, 1.165) is 12.8 Å². The minimum atomic E-state index is -0.809. The van der Waals surface area contributed by atoms with E-state index in [1.807, 2.05) is 0 Å². The van der Waals surface area contributed by atoms with Crippen LogP contribution in [-0.4, -0.2) is 35.7 Å². The summed E-state index contributed by atoms with van der Waals surface area (Å²) in [5, 5.41) is 21.5. The van der Waals surface area contributed by atoms with E-state index in [4.69, 9.17) is 9.84 Å². The van der Waals surface area contributed by atoms with Gasteiger partial charge in [-0.1, -0.05) is 6.42 Å². The molecule has 3 N–H and O–H groups in total. The van der Waals surface area contributed by atoms with E-state index in [-0.39, 0.29) is 17.2 Å². The molecule has 1 fully saturated rings. The van der Waals surface area contributed by atoms with Gasteiger partial charge in [0.1, 0.15) is 11.5 Å². The SMILES string of the molecule is COc1ccc(O)c(C(=O)NCC2CCCC2C(=O)O)c1. The molecule has 114 valence electrons. The first-order valence-electron chi connectivity index (χ1n) is 6.91. The van der Waals surface area contributed by atoms with Crippen LogP contribution in [0.2, 0.25) is 0 Å². The van der Waals surface area contributed by atoms with Gasteiger partial charge in [0.2, 0.25) is 0 Å². The Hall–Kier alpha value is -2.24. The van der Waals surface area contributed by atoms with E-state index < -0.39 is 17.8 Å². The number of hydrogen-bond donors (Lipinski definition) is 3. The molecule has 6 nitrogen and oxygen atoms in total. The summed E-state index contributed by atoms with van der Waals surface area (Å²) in [5.41, 5.74) is 0.124. The second-order valence-electron chi connectivity index (χ2n) is 5.23. The number of carboxylic acid groups (broad SMARTS) is 1. The topological polar surface area (TPSA) is 95.9 Å². The van der Waals surface area contributed by atoms with E-state index in [1.165, 1.54) is 19.2 Å². The van der Waals surface area contributed by atoms with Crippen LogP contribution in [0.3, 0.4) is 0 Å². The van der Waals surface area contributed by atoms with Crippen LogP contribution in [0.4, 0.5) is 0 Å². The van der Waals surface area contributed by atoms with Crippen LogP contribution in [0.5, 0.6) is 11.5 Å². The molecule has 1 aromatic rings. The first kappa shape index (κ1) is 15.2. The predicted octanol–water partition coefficient (Wildman–Crippen LogP) is 1.63. The molecule has 0 aliphatic heterocycles. The van der Waals surface area contributed by atoms with Gasteiger partial charge in [0.05, 0.1) is 18.6 Å².